The first-order valence-electron chi connectivity index (χ1n) is 10.7. The molecule has 4 rings (SSSR count). The Morgan fingerprint density at radius 2 is 1.67 bits per heavy atom. The summed E-state index contributed by atoms with van der Waals surface area (Å²) in [5, 5.41) is 7.22. The number of benzene rings is 2. The number of ether oxygens (including phenoxy) is 2. The Bertz CT molecular complexity index is 1160. The molecular formula is C24H27N5O4. The first-order valence-corrected chi connectivity index (χ1v) is 10.7. The van der Waals surface area contributed by atoms with Gasteiger partial charge in [0.25, 0.3) is 5.56 Å². The molecule has 0 unspecified atom stereocenters. The summed E-state index contributed by atoms with van der Waals surface area (Å²) in [6, 6.07) is 18.5. The summed E-state index contributed by atoms with van der Waals surface area (Å²) in [6.45, 7) is 3.04. The van der Waals surface area contributed by atoms with Crippen LogP contribution >= 0.6 is 0 Å². The van der Waals surface area contributed by atoms with Crippen LogP contribution in [0.15, 0.2) is 65.5 Å². The second-order valence-corrected chi connectivity index (χ2v) is 7.61. The number of hydrogen-bond acceptors (Lipinski definition) is 7. The van der Waals surface area contributed by atoms with Gasteiger partial charge in [0.1, 0.15) is 23.9 Å². The lowest BCUT2D eigenvalue weighted by atomic mass is 10.2. The summed E-state index contributed by atoms with van der Waals surface area (Å²) in [6.07, 6.45) is 0. The third kappa shape index (κ3) is 5.25. The lowest BCUT2D eigenvalue weighted by molar-refractivity contribution is -0.117. The fraction of sp³-hybridized carbons (Fsp3) is 0.292. The van der Waals surface area contributed by atoms with Gasteiger partial charge in [-0.05, 0) is 30.3 Å². The number of hydrogen-bond donors (Lipinski definition) is 1. The van der Waals surface area contributed by atoms with Gasteiger partial charge in [-0.25, -0.2) is 4.68 Å². The van der Waals surface area contributed by atoms with Crippen LogP contribution in [0.25, 0.3) is 0 Å². The summed E-state index contributed by atoms with van der Waals surface area (Å²) in [7, 11) is 3.07. The molecule has 172 valence electrons. The lowest BCUT2D eigenvalue weighted by Gasteiger charge is -2.36. The molecule has 1 fully saturated rings. The Balaban J connectivity index is 1.42. The molecule has 0 radical (unpaired) electrons. The average molecular weight is 450 g/mol. The Morgan fingerprint density at radius 3 is 2.36 bits per heavy atom. The van der Waals surface area contributed by atoms with Gasteiger partial charge in [0, 0.05) is 44.0 Å². The van der Waals surface area contributed by atoms with Crippen molar-refractivity contribution in [3.05, 3.63) is 71.0 Å². The van der Waals surface area contributed by atoms with Crippen LogP contribution in [-0.4, -0.2) is 56.1 Å². The molecule has 1 aliphatic heterocycles. The molecule has 3 aromatic rings. The third-order valence-electron chi connectivity index (χ3n) is 5.55. The molecule has 33 heavy (non-hydrogen) atoms. The smallest absolute Gasteiger partial charge is 0.267 e. The molecule has 1 aliphatic rings. The van der Waals surface area contributed by atoms with Gasteiger partial charge in [0.05, 0.1) is 19.9 Å². The zero-order valence-electron chi connectivity index (χ0n) is 18.7. The van der Waals surface area contributed by atoms with E-state index in [1.807, 2.05) is 18.2 Å². The number of rotatable bonds is 7. The second-order valence-electron chi connectivity index (χ2n) is 7.61. The molecule has 2 aromatic carbocycles. The largest absolute Gasteiger partial charge is 0.497 e. The topological polar surface area (TPSA) is 88.9 Å². The van der Waals surface area contributed by atoms with Crippen molar-refractivity contribution in [2.45, 2.75) is 6.54 Å². The number of methoxy groups -OCH3 is 2. The van der Waals surface area contributed by atoms with Crippen molar-refractivity contribution >= 4 is 23.1 Å². The van der Waals surface area contributed by atoms with Crippen LogP contribution in [0.4, 0.5) is 17.2 Å². The Labute approximate surface area is 192 Å². The second kappa shape index (κ2) is 10.1. The zero-order chi connectivity index (χ0) is 23.2. The highest BCUT2D eigenvalue weighted by atomic mass is 16.5. The highest BCUT2D eigenvalue weighted by Crippen LogP contribution is 2.29. The highest BCUT2D eigenvalue weighted by Gasteiger charge is 2.19. The Hall–Kier alpha value is -4.01. The van der Waals surface area contributed by atoms with Gasteiger partial charge in [-0.3, -0.25) is 9.59 Å². The van der Waals surface area contributed by atoms with Crippen LogP contribution in [-0.2, 0) is 11.3 Å². The van der Waals surface area contributed by atoms with Crippen molar-refractivity contribution in [1.82, 2.24) is 9.78 Å². The van der Waals surface area contributed by atoms with Crippen LogP contribution < -0.4 is 30.1 Å². The van der Waals surface area contributed by atoms with E-state index in [0.29, 0.717) is 23.0 Å². The van der Waals surface area contributed by atoms with E-state index in [0.717, 1.165) is 26.2 Å². The van der Waals surface area contributed by atoms with E-state index >= 15 is 0 Å². The monoisotopic (exact) mass is 449 g/mol. The van der Waals surface area contributed by atoms with E-state index in [1.54, 1.807) is 31.4 Å². The highest BCUT2D eigenvalue weighted by molar-refractivity contribution is 5.92. The van der Waals surface area contributed by atoms with Crippen LogP contribution in [0, 0.1) is 0 Å². The van der Waals surface area contributed by atoms with Crippen molar-refractivity contribution < 1.29 is 14.3 Å². The van der Waals surface area contributed by atoms with Crippen molar-refractivity contribution in [3.63, 3.8) is 0 Å². The van der Waals surface area contributed by atoms with E-state index in [4.69, 9.17) is 9.47 Å². The molecule has 0 saturated carbocycles. The van der Waals surface area contributed by atoms with E-state index in [-0.39, 0.29) is 18.0 Å². The maximum Gasteiger partial charge on any atom is 0.267 e. The van der Waals surface area contributed by atoms with E-state index in [2.05, 4.69) is 32.3 Å². The van der Waals surface area contributed by atoms with Gasteiger partial charge in [-0.2, -0.15) is 5.10 Å². The maximum atomic E-state index is 12.6. The van der Waals surface area contributed by atoms with Crippen LogP contribution in [0.3, 0.4) is 0 Å². The predicted molar refractivity (Wildman–Crippen MR) is 128 cm³/mol. The minimum Gasteiger partial charge on any atom is -0.497 e. The van der Waals surface area contributed by atoms with Crippen molar-refractivity contribution in [2.24, 2.45) is 0 Å². The normalized spacial score (nSPS) is 13.5. The summed E-state index contributed by atoms with van der Waals surface area (Å²) < 4.78 is 11.7. The molecular weight excluding hydrogens is 422 g/mol. The number of nitrogens with zero attached hydrogens (tertiary/aromatic N) is 4. The standard InChI is InChI=1S/C24H27N5O4/c1-32-19-8-9-20(21(16-19)33-2)25-23(30)17-29-24(31)11-10-22(26-29)28-14-12-27(13-15-28)18-6-4-3-5-7-18/h3-11,16H,12-15,17H2,1-2H3,(H,25,30). The van der Waals surface area contributed by atoms with Gasteiger partial charge in [0.15, 0.2) is 0 Å². The Morgan fingerprint density at radius 1 is 0.939 bits per heavy atom. The number of para-hydroxylation sites is 1. The van der Waals surface area contributed by atoms with Gasteiger partial charge in [-0.1, -0.05) is 18.2 Å². The fourth-order valence-electron chi connectivity index (χ4n) is 3.78. The SMILES string of the molecule is COc1ccc(NC(=O)Cn2nc(N3CCN(c4ccccc4)CC3)ccc2=O)c(OC)c1. The molecule has 1 N–H and O–H groups in total. The number of nitrogens with one attached hydrogen (secondary N) is 1. The first kappa shape index (κ1) is 22.2. The van der Waals surface area contributed by atoms with Crippen molar-refractivity contribution in [1.29, 1.82) is 0 Å². The van der Waals surface area contributed by atoms with E-state index in [9.17, 15) is 9.59 Å². The first-order chi connectivity index (χ1) is 16.1. The van der Waals surface area contributed by atoms with Crippen LogP contribution in [0.1, 0.15) is 0 Å². The average Bonchev–Trinajstić information content (AvgIpc) is 2.86. The molecule has 0 spiro atoms. The van der Waals surface area contributed by atoms with Crippen molar-refractivity contribution in [2.75, 3.05) is 55.5 Å². The van der Waals surface area contributed by atoms with Crippen LogP contribution in [0.2, 0.25) is 0 Å². The number of carbonyl (C=O) groups excluding carboxylic acids is 1. The van der Waals surface area contributed by atoms with Gasteiger partial charge in [-0.15, -0.1) is 0 Å². The zero-order valence-corrected chi connectivity index (χ0v) is 18.7. The number of carbonyl (C=O) groups is 1. The van der Waals surface area contributed by atoms with Gasteiger partial charge < -0.3 is 24.6 Å². The predicted octanol–water partition coefficient (Wildman–Crippen LogP) is 2.23. The number of aromatic nitrogens is 2. The van der Waals surface area contributed by atoms with E-state index < -0.39 is 0 Å². The van der Waals surface area contributed by atoms with Crippen molar-refractivity contribution in [3.8, 4) is 11.5 Å². The lowest BCUT2D eigenvalue weighted by Crippen LogP contribution is -2.47. The molecule has 9 heteroatoms. The van der Waals surface area contributed by atoms with E-state index in [1.165, 1.54) is 23.5 Å². The minimum atomic E-state index is -0.376. The summed E-state index contributed by atoms with van der Waals surface area (Å²) >= 11 is 0. The minimum absolute atomic E-state index is 0.203. The van der Waals surface area contributed by atoms with Gasteiger partial charge in [0.2, 0.25) is 5.91 Å². The molecule has 9 nitrogen and oxygen atoms in total. The maximum absolute atomic E-state index is 12.6. The molecule has 1 amide bonds. The molecule has 1 aromatic heterocycles. The van der Waals surface area contributed by atoms with Gasteiger partial charge >= 0.3 is 0 Å². The molecule has 0 aliphatic carbocycles. The van der Waals surface area contributed by atoms with Crippen LogP contribution in [0.5, 0.6) is 11.5 Å². The molecule has 0 atom stereocenters. The molecule has 1 saturated heterocycles. The Kier molecular flexibility index (Phi) is 6.77. The number of anilines is 3. The fourth-order valence-corrected chi connectivity index (χ4v) is 3.78. The third-order valence-corrected chi connectivity index (χ3v) is 5.55. The quantitative estimate of drug-likeness (QED) is 0.592. The molecule has 0 bridgehead atoms. The number of piperazine rings is 1. The molecule has 2 heterocycles. The number of amides is 1. The summed E-state index contributed by atoms with van der Waals surface area (Å²) in [5.41, 5.74) is 1.35. The summed E-state index contributed by atoms with van der Waals surface area (Å²) in [5.74, 6) is 1.38. The summed E-state index contributed by atoms with van der Waals surface area (Å²) in [4.78, 5) is 29.4.